The van der Waals surface area contributed by atoms with Crippen molar-refractivity contribution in [1.29, 1.82) is 0 Å². The Morgan fingerprint density at radius 1 is 1.33 bits per heavy atom. The minimum Gasteiger partial charge on any atom is -0.324 e. The molecule has 2 aromatic rings. The molecule has 5 heteroatoms. The SMILES string of the molecule is Cc1cc(CC(N)c2cc(Cl)ccc2Cl)n(C)n1. The number of aryl methyl sites for hydroxylation is 2. The third-order valence-electron chi connectivity index (χ3n) is 2.89. The highest BCUT2D eigenvalue weighted by molar-refractivity contribution is 6.33. The quantitative estimate of drug-likeness (QED) is 0.940. The van der Waals surface area contributed by atoms with Crippen molar-refractivity contribution in [3.8, 4) is 0 Å². The Bertz CT molecular complexity index is 563. The second-order valence-corrected chi connectivity index (χ2v) is 5.22. The van der Waals surface area contributed by atoms with Gasteiger partial charge in [-0.1, -0.05) is 23.2 Å². The van der Waals surface area contributed by atoms with Gasteiger partial charge < -0.3 is 5.73 Å². The lowest BCUT2D eigenvalue weighted by Gasteiger charge is -2.14. The molecule has 2 rings (SSSR count). The molecule has 0 aliphatic carbocycles. The third kappa shape index (κ3) is 2.86. The maximum atomic E-state index is 6.19. The highest BCUT2D eigenvalue weighted by Crippen LogP contribution is 2.27. The summed E-state index contributed by atoms with van der Waals surface area (Å²) in [5.74, 6) is 0. The molecule has 0 bridgehead atoms. The van der Waals surface area contributed by atoms with E-state index in [0.29, 0.717) is 16.5 Å². The molecule has 0 aliphatic heterocycles. The molecular weight excluding hydrogens is 269 g/mol. The topological polar surface area (TPSA) is 43.8 Å². The van der Waals surface area contributed by atoms with Crippen LogP contribution in [-0.2, 0) is 13.5 Å². The van der Waals surface area contributed by atoms with Crippen molar-refractivity contribution in [2.75, 3.05) is 0 Å². The van der Waals surface area contributed by atoms with Crippen LogP contribution in [0.1, 0.15) is 23.0 Å². The van der Waals surface area contributed by atoms with Gasteiger partial charge in [0.2, 0.25) is 0 Å². The molecule has 0 saturated heterocycles. The van der Waals surface area contributed by atoms with Crippen LogP contribution in [0.3, 0.4) is 0 Å². The fraction of sp³-hybridized carbons (Fsp3) is 0.308. The summed E-state index contributed by atoms with van der Waals surface area (Å²) in [4.78, 5) is 0. The average Bonchev–Trinajstić information content (AvgIpc) is 2.61. The zero-order valence-electron chi connectivity index (χ0n) is 10.3. The maximum absolute atomic E-state index is 6.19. The first-order valence-electron chi connectivity index (χ1n) is 5.67. The summed E-state index contributed by atoms with van der Waals surface area (Å²) < 4.78 is 1.84. The number of benzene rings is 1. The lowest BCUT2D eigenvalue weighted by Crippen LogP contribution is -2.15. The number of halogens is 2. The molecule has 0 spiro atoms. The van der Waals surface area contributed by atoms with E-state index in [1.165, 1.54) is 0 Å². The van der Waals surface area contributed by atoms with Crippen molar-refractivity contribution >= 4 is 23.2 Å². The number of nitrogens with zero attached hydrogens (tertiary/aromatic N) is 2. The fourth-order valence-corrected chi connectivity index (χ4v) is 2.43. The van der Waals surface area contributed by atoms with Gasteiger partial charge in [0.1, 0.15) is 0 Å². The van der Waals surface area contributed by atoms with Crippen LogP contribution in [0, 0.1) is 6.92 Å². The molecule has 2 N–H and O–H groups in total. The lowest BCUT2D eigenvalue weighted by atomic mass is 10.0. The van der Waals surface area contributed by atoms with E-state index in [9.17, 15) is 0 Å². The summed E-state index contributed by atoms with van der Waals surface area (Å²) in [5.41, 5.74) is 9.12. The van der Waals surface area contributed by atoms with E-state index in [1.54, 1.807) is 12.1 Å². The molecule has 0 radical (unpaired) electrons. The van der Waals surface area contributed by atoms with Crippen LogP contribution in [0.2, 0.25) is 10.0 Å². The Balaban J connectivity index is 2.24. The Morgan fingerprint density at radius 2 is 2.06 bits per heavy atom. The fourth-order valence-electron chi connectivity index (χ4n) is 1.99. The van der Waals surface area contributed by atoms with Crippen molar-refractivity contribution in [3.05, 3.63) is 51.3 Å². The van der Waals surface area contributed by atoms with Crippen molar-refractivity contribution in [3.63, 3.8) is 0 Å². The Kier molecular flexibility index (Phi) is 3.95. The van der Waals surface area contributed by atoms with Crippen LogP contribution < -0.4 is 5.73 Å². The Morgan fingerprint density at radius 3 is 2.67 bits per heavy atom. The normalized spacial score (nSPS) is 12.7. The summed E-state index contributed by atoms with van der Waals surface area (Å²) in [6.45, 7) is 1.96. The molecule has 0 fully saturated rings. The van der Waals surface area contributed by atoms with Gasteiger partial charge in [-0.3, -0.25) is 4.68 Å². The van der Waals surface area contributed by atoms with Crippen LogP contribution in [0.25, 0.3) is 0 Å². The van der Waals surface area contributed by atoms with Gasteiger partial charge in [0.05, 0.1) is 5.69 Å². The van der Waals surface area contributed by atoms with Gasteiger partial charge >= 0.3 is 0 Å². The van der Waals surface area contributed by atoms with Crippen LogP contribution in [0.15, 0.2) is 24.3 Å². The molecule has 1 aromatic carbocycles. The van der Waals surface area contributed by atoms with Crippen LogP contribution in [0.4, 0.5) is 0 Å². The maximum Gasteiger partial charge on any atom is 0.0596 e. The third-order valence-corrected chi connectivity index (χ3v) is 3.46. The summed E-state index contributed by atoms with van der Waals surface area (Å²) in [6, 6.07) is 7.18. The standard InChI is InChI=1S/C13H15Cl2N3/c1-8-5-10(18(2)17-8)7-13(16)11-6-9(14)3-4-12(11)15/h3-6,13H,7,16H2,1-2H3. The van der Waals surface area contributed by atoms with Crippen molar-refractivity contribution < 1.29 is 0 Å². The highest BCUT2D eigenvalue weighted by atomic mass is 35.5. The summed E-state index contributed by atoms with van der Waals surface area (Å²) in [6.07, 6.45) is 0.678. The summed E-state index contributed by atoms with van der Waals surface area (Å²) in [5, 5.41) is 5.59. The van der Waals surface area contributed by atoms with Gasteiger partial charge in [0.15, 0.2) is 0 Å². The van der Waals surface area contributed by atoms with E-state index in [1.807, 2.05) is 30.8 Å². The largest absolute Gasteiger partial charge is 0.324 e. The Hall–Kier alpha value is -1.03. The van der Waals surface area contributed by atoms with Crippen molar-refractivity contribution in [2.24, 2.45) is 12.8 Å². The van der Waals surface area contributed by atoms with Gasteiger partial charge in [-0.2, -0.15) is 5.10 Å². The second kappa shape index (κ2) is 5.31. The van der Waals surface area contributed by atoms with Gasteiger partial charge in [-0.15, -0.1) is 0 Å². The van der Waals surface area contributed by atoms with E-state index < -0.39 is 0 Å². The monoisotopic (exact) mass is 283 g/mol. The van der Waals surface area contributed by atoms with E-state index in [2.05, 4.69) is 5.10 Å². The molecule has 1 aromatic heterocycles. The molecule has 1 heterocycles. The molecule has 0 aliphatic rings. The average molecular weight is 284 g/mol. The molecule has 3 nitrogen and oxygen atoms in total. The minimum atomic E-state index is -0.189. The van der Waals surface area contributed by atoms with Crippen LogP contribution in [-0.4, -0.2) is 9.78 Å². The number of nitrogens with two attached hydrogens (primary N) is 1. The molecule has 0 saturated carbocycles. The summed E-state index contributed by atoms with van der Waals surface area (Å²) >= 11 is 12.1. The number of aromatic nitrogens is 2. The number of hydrogen-bond acceptors (Lipinski definition) is 2. The second-order valence-electron chi connectivity index (χ2n) is 4.38. The molecule has 18 heavy (non-hydrogen) atoms. The predicted octanol–water partition coefficient (Wildman–Crippen LogP) is 3.28. The van der Waals surface area contributed by atoms with Gasteiger partial charge in [-0.25, -0.2) is 0 Å². The van der Waals surface area contributed by atoms with E-state index in [4.69, 9.17) is 28.9 Å². The zero-order valence-corrected chi connectivity index (χ0v) is 11.8. The van der Waals surface area contributed by atoms with E-state index in [-0.39, 0.29) is 6.04 Å². The first kappa shape index (κ1) is 13.4. The first-order chi connectivity index (χ1) is 8.47. The molecule has 96 valence electrons. The molecule has 1 unspecified atom stereocenters. The van der Waals surface area contributed by atoms with Gasteiger partial charge in [-0.05, 0) is 36.8 Å². The minimum absolute atomic E-state index is 0.189. The lowest BCUT2D eigenvalue weighted by molar-refractivity contribution is 0.640. The van der Waals surface area contributed by atoms with Crippen LogP contribution >= 0.6 is 23.2 Å². The first-order valence-corrected chi connectivity index (χ1v) is 6.43. The number of rotatable bonds is 3. The smallest absolute Gasteiger partial charge is 0.0596 e. The van der Waals surface area contributed by atoms with Gasteiger partial charge in [0, 0.05) is 35.2 Å². The zero-order chi connectivity index (χ0) is 13.3. The van der Waals surface area contributed by atoms with E-state index in [0.717, 1.165) is 17.0 Å². The summed E-state index contributed by atoms with van der Waals surface area (Å²) in [7, 11) is 1.91. The van der Waals surface area contributed by atoms with Crippen molar-refractivity contribution in [1.82, 2.24) is 9.78 Å². The molecular formula is C13H15Cl2N3. The number of hydrogen-bond donors (Lipinski definition) is 1. The Labute approximate surface area is 117 Å². The van der Waals surface area contributed by atoms with Gasteiger partial charge in [0.25, 0.3) is 0 Å². The van der Waals surface area contributed by atoms with Crippen LogP contribution in [0.5, 0.6) is 0 Å². The molecule has 1 atom stereocenters. The van der Waals surface area contributed by atoms with E-state index >= 15 is 0 Å². The molecule has 0 amide bonds. The predicted molar refractivity (Wildman–Crippen MR) is 75.0 cm³/mol. The highest BCUT2D eigenvalue weighted by Gasteiger charge is 2.14. The van der Waals surface area contributed by atoms with Crippen molar-refractivity contribution in [2.45, 2.75) is 19.4 Å².